The zero-order chi connectivity index (χ0) is 14.2. The van der Waals surface area contributed by atoms with Crippen LogP contribution in [0.5, 0.6) is 0 Å². The second kappa shape index (κ2) is 5.23. The molecule has 2 N–H and O–H groups in total. The standard InChI is InChI=1S/C13H13BrFN3O2/c14-10-3-2-8(15)6-9(10)11-17-12(20-18-11)13(19)4-1-5-16-7-13/h2-3,6,16,19H,1,4-5,7H2. The van der Waals surface area contributed by atoms with Crippen LogP contribution in [0.2, 0.25) is 0 Å². The molecule has 0 radical (unpaired) electrons. The number of hydrogen-bond acceptors (Lipinski definition) is 5. The van der Waals surface area contributed by atoms with Gasteiger partial charge in [0.1, 0.15) is 5.82 Å². The predicted octanol–water partition coefficient (Wildman–Crippen LogP) is 2.21. The summed E-state index contributed by atoms with van der Waals surface area (Å²) in [7, 11) is 0. The summed E-state index contributed by atoms with van der Waals surface area (Å²) in [6, 6.07) is 4.24. The molecule has 1 aromatic heterocycles. The highest BCUT2D eigenvalue weighted by Crippen LogP contribution is 2.31. The molecular weight excluding hydrogens is 329 g/mol. The quantitative estimate of drug-likeness (QED) is 0.876. The van der Waals surface area contributed by atoms with Gasteiger partial charge >= 0.3 is 0 Å². The van der Waals surface area contributed by atoms with E-state index in [4.69, 9.17) is 4.52 Å². The van der Waals surface area contributed by atoms with Crippen molar-refractivity contribution in [1.82, 2.24) is 15.5 Å². The summed E-state index contributed by atoms with van der Waals surface area (Å²) in [4.78, 5) is 4.21. The number of benzene rings is 1. The van der Waals surface area contributed by atoms with E-state index in [-0.39, 0.29) is 17.5 Å². The van der Waals surface area contributed by atoms with Gasteiger partial charge in [-0.1, -0.05) is 21.1 Å². The van der Waals surface area contributed by atoms with Gasteiger partial charge in [-0.05, 0) is 37.6 Å². The van der Waals surface area contributed by atoms with E-state index in [0.29, 0.717) is 23.0 Å². The van der Waals surface area contributed by atoms with E-state index >= 15 is 0 Å². The molecule has 7 heteroatoms. The van der Waals surface area contributed by atoms with Gasteiger partial charge in [0, 0.05) is 16.6 Å². The predicted molar refractivity (Wildman–Crippen MR) is 73.4 cm³/mol. The lowest BCUT2D eigenvalue weighted by Crippen LogP contribution is -2.43. The first-order valence-electron chi connectivity index (χ1n) is 6.31. The summed E-state index contributed by atoms with van der Waals surface area (Å²) in [5.41, 5.74) is -0.657. The van der Waals surface area contributed by atoms with Crippen LogP contribution >= 0.6 is 15.9 Å². The molecule has 1 unspecified atom stereocenters. The van der Waals surface area contributed by atoms with Crippen molar-refractivity contribution in [1.29, 1.82) is 0 Å². The van der Waals surface area contributed by atoms with Gasteiger partial charge in [-0.15, -0.1) is 0 Å². The van der Waals surface area contributed by atoms with Crippen LogP contribution in [0.3, 0.4) is 0 Å². The molecule has 1 aliphatic rings. The van der Waals surface area contributed by atoms with Crippen molar-refractivity contribution < 1.29 is 14.0 Å². The van der Waals surface area contributed by atoms with Crippen LogP contribution in [0.4, 0.5) is 4.39 Å². The SMILES string of the molecule is OC1(c2nc(-c3cc(F)ccc3Br)no2)CCCNC1. The van der Waals surface area contributed by atoms with E-state index in [1.54, 1.807) is 6.07 Å². The first-order valence-corrected chi connectivity index (χ1v) is 7.10. The fourth-order valence-electron chi connectivity index (χ4n) is 2.26. The molecule has 5 nitrogen and oxygen atoms in total. The number of halogens is 2. The van der Waals surface area contributed by atoms with E-state index in [0.717, 1.165) is 13.0 Å². The Kier molecular flexibility index (Phi) is 3.57. The molecular formula is C13H13BrFN3O2. The number of rotatable bonds is 2. The third-order valence-electron chi connectivity index (χ3n) is 3.35. The van der Waals surface area contributed by atoms with Gasteiger partial charge in [0.2, 0.25) is 5.82 Å². The molecule has 0 aliphatic carbocycles. The number of nitrogens with one attached hydrogen (secondary N) is 1. The Bertz CT molecular complexity index is 626. The largest absolute Gasteiger partial charge is 0.379 e. The zero-order valence-corrected chi connectivity index (χ0v) is 12.2. The Balaban J connectivity index is 1.95. The molecule has 20 heavy (non-hydrogen) atoms. The fraction of sp³-hybridized carbons (Fsp3) is 0.385. The summed E-state index contributed by atoms with van der Waals surface area (Å²) in [5.74, 6) is 0.0360. The van der Waals surface area contributed by atoms with E-state index in [1.807, 2.05) is 0 Å². The third kappa shape index (κ3) is 2.48. The van der Waals surface area contributed by atoms with Crippen LogP contribution in [0.25, 0.3) is 11.4 Å². The van der Waals surface area contributed by atoms with Crippen molar-refractivity contribution in [3.8, 4) is 11.4 Å². The molecule has 3 rings (SSSR count). The fourth-order valence-corrected chi connectivity index (χ4v) is 2.69. The van der Waals surface area contributed by atoms with Gasteiger partial charge in [0.25, 0.3) is 5.89 Å². The highest BCUT2D eigenvalue weighted by Gasteiger charge is 2.37. The Labute approximate surface area is 123 Å². The minimum absolute atomic E-state index is 0.163. The van der Waals surface area contributed by atoms with Gasteiger partial charge < -0.3 is 14.9 Å². The number of nitrogens with zero attached hydrogens (tertiary/aromatic N) is 2. The molecule has 0 spiro atoms. The Morgan fingerprint density at radius 3 is 3.05 bits per heavy atom. The number of aromatic nitrogens is 2. The minimum atomic E-state index is -1.15. The Morgan fingerprint density at radius 2 is 2.30 bits per heavy atom. The number of aliphatic hydroxyl groups is 1. The average Bonchev–Trinajstić information content (AvgIpc) is 2.93. The summed E-state index contributed by atoms with van der Waals surface area (Å²) < 4.78 is 19.1. The highest BCUT2D eigenvalue weighted by molar-refractivity contribution is 9.10. The van der Waals surface area contributed by atoms with E-state index < -0.39 is 5.60 Å². The third-order valence-corrected chi connectivity index (χ3v) is 4.05. The Morgan fingerprint density at radius 1 is 1.45 bits per heavy atom. The summed E-state index contributed by atoms with van der Waals surface area (Å²) in [5, 5.41) is 17.4. The normalized spacial score (nSPS) is 22.9. The molecule has 106 valence electrons. The first-order chi connectivity index (χ1) is 9.58. The summed E-state index contributed by atoms with van der Waals surface area (Å²) in [6.07, 6.45) is 1.39. The first kappa shape index (κ1) is 13.7. The van der Waals surface area contributed by atoms with Crippen LogP contribution < -0.4 is 5.32 Å². The van der Waals surface area contributed by atoms with Crippen molar-refractivity contribution in [3.63, 3.8) is 0 Å². The maximum atomic E-state index is 13.3. The number of piperidine rings is 1. The topological polar surface area (TPSA) is 71.2 Å². The Hall–Kier alpha value is -1.31. The molecule has 0 amide bonds. The van der Waals surface area contributed by atoms with Crippen molar-refractivity contribution in [2.24, 2.45) is 0 Å². The van der Waals surface area contributed by atoms with Crippen LogP contribution in [0, 0.1) is 5.82 Å². The molecule has 2 aromatic rings. The van der Waals surface area contributed by atoms with E-state index in [1.165, 1.54) is 12.1 Å². The van der Waals surface area contributed by atoms with Gasteiger partial charge in [-0.2, -0.15) is 4.98 Å². The number of β-amino-alcohol motifs (C(OH)–C–C–N with tert-alkyl or cyclic N) is 1. The van der Waals surface area contributed by atoms with Gasteiger partial charge in [-0.3, -0.25) is 0 Å². The smallest absolute Gasteiger partial charge is 0.260 e. The summed E-state index contributed by atoms with van der Waals surface area (Å²) in [6.45, 7) is 1.23. The molecule has 1 fully saturated rings. The number of hydrogen-bond donors (Lipinski definition) is 2. The minimum Gasteiger partial charge on any atom is -0.379 e. The lowest BCUT2D eigenvalue weighted by molar-refractivity contribution is -0.0167. The maximum absolute atomic E-state index is 13.3. The highest BCUT2D eigenvalue weighted by atomic mass is 79.9. The molecule has 2 heterocycles. The molecule has 0 saturated carbocycles. The second-order valence-electron chi connectivity index (χ2n) is 4.86. The zero-order valence-electron chi connectivity index (χ0n) is 10.6. The second-order valence-corrected chi connectivity index (χ2v) is 5.71. The molecule has 1 saturated heterocycles. The molecule has 1 aliphatic heterocycles. The van der Waals surface area contributed by atoms with Gasteiger partial charge in [-0.25, -0.2) is 4.39 Å². The lowest BCUT2D eigenvalue weighted by Gasteiger charge is -2.28. The van der Waals surface area contributed by atoms with Crippen molar-refractivity contribution in [3.05, 3.63) is 34.4 Å². The van der Waals surface area contributed by atoms with Crippen molar-refractivity contribution >= 4 is 15.9 Å². The van der Waals surface area contributed by atoms with Crippen molar-refractivity contribution in [2.45, 2.75) is 18.4 Å². The van der Waals surface area contributed by atoms with Crippen LogP contribution in [-0.4, -0.2) is 28.3 Å². The van der Waals surface area contributed by atoms with Crippen LogP contribution in [-0.2, 0) is 5.60 Å². The molecule has 1 atom stereocenters. The average molecular weight is 342 g/mol. The molecule has 0 bridgehead atoms. The van der Waals surface area contributed by atoms with Crippen molar-refractivity contribution in [2.75, 3.05) is 13.1 Å². The van der Waals surface area contributed by atoms with Crippen LogP contribution in [0.15, 0.2) is 27.2 Å². The maximum Gasteiger partial charge on any atom is 0.260 e. The monoisotopic (exact) mass is 341 g/mol. The van der Waals surface area contributed by atoms with Crippen LogP contribution in [0.1, 0.15) is 18.7 Å². The molecule has 1 aromatic carbocycles. The van der Waals surface area contributed by atoms with Gasteiger partial charge in [0.15, 0.2) is 5.60 Å². The summed E-state index contributed by atoms with van der Waals surface area (Å²) >= 11 is 3.32. The van der Waals surface area contributed by atoms with Gasteiger partial charge in [0.05, 0.1) is 0 Å². The lowest BCUT2D eigenvalue weighted by atomic mass is 9.94. The van der Waals surface area contributed by atoms with E-state index in [9.17, 15) is 9.50 Å². The van der Waals surface area contributed by atoms with E-state index in [2.05, 4.69) is 31.4 Å².